The van der Waals surface area contributed by atoms with Gasteiger partial charge in [0.05, 0.1) is 22.6 Å². The number of ether oxygens (including phenoxy) is 1. The number of hydrogen-bond donors (Lipinski definition) is 3. The molecular formula is C33H36N3O4+. The van der Waals surface area contributed by atoms with Crippen LogP contribution >= 0.6 is 0 Å². The molecule has 5 atom stereocenters. The van der Waals surface area contributed by atoms with Crippen molar-refractivity contribution in [3.63, 3.8) is 0 Å². The van der Waals surface area contributed by atoms with E-state index in [1.807, 2.05) is 48.8 Å². The topological polar surface area (TPSA) is 85.9 Å². The summed E-state index contributed by atoms with van der Waals surface area (Å²) in [5, 5.41) is 26.7. The van der Waals surface area contributed by atoms with Crippen LogP contribution in [0, 0.1) is 5.92 Å². The zero-order chi connectivity index (χ0) is 27.1. The van der Waals surface area contributed by atoms with Crippen LogP contribution in [-0.2, 0) is 18.4 Å². The second-order valence-electron chi connectivity index (χ2n) is 12.7. The number of nitrogens with one attached hydrogen (secondary N) is 1. The number of rotatable bonds is 6. The Morgan fingerprint density at radius 3 is 2.62 bits per heavy atom. The van der Waals surface area contributed by atoms with Gasteiger partial charge in [0, 0.05) is 35.8 Å². The fourth-order valence-corrected chi connectivity index (χ4v) is 8.39. The first-order valence-corrected chi connectivity index (χ1v) is 14.8. The third-order valence-electron chi connectivity index (χ3n) is 10.4. The predicted molar refractivity (Wildman–Crippen MR) is 148 cm³/mol. The molecule has 1 spiro atoms. The molecule has 0 radical (unpaired) electrons. The third kappa shape index (κ3) is 3.50. The lowest BCUT2D eigenvalue weighted by molar-refractivity contribution is -0.688. The Balaban J connectivity index is 1.08. The number of pyridine rings is 1. The summed E-state index contributed by atoms with van der Waals surface area (Å²) in [5.41, 5.74) is 2.38. The summed E-state index contributed by atoms with van der Waals surface area (Å²) >= 11 is 0. The summed E-state index contributed by atoms with van der Waals surface area (Å²) in [6.45, 7) is 2.69. The molecular weight excluding hydrogens is 502 g/mol. The van der Waals surface area contributed by atoms with Gasteiger partial charge < -0.3 is 20.3 Å². The molecule has 3 heterocycles. The number of nitrogens with zero attached hydrogens (tertiary/aromatic N) is 2. The first kappa shape index (κ1) is 24.4. The first-order valence-electron chi connectivity index (χ1n) is 14.8. The van der Waals surface area contributed by atoms with E-state index in [9.17, 15) is 15.0 Å². The molecule has 3 aromatic rings. The van der Waals surface area contributed by atoms with Gasteiger partial charge in [0.15, 0.2) is 30.4 Å². The van der Waals surface area contributed by atoms with Crippen LogP contribution in [0.2, 0.25) is 0 Å². The zero-order valence-electron chi connectivity index (χ0n) is 22.6. The number of aliphatic hydroxyl groups is 1. The van der Waals surface area contributed by atoms with Crippen molar-refractivity contribution in [3.05, 3.63) is 89.2 Å². The lowest BCUT2D eigenvalue weighted by atomic mass is 9.48. The van der Waals surface area contributed by atoms with Gasteiger partial charge in [0.1, 0.15) is 6.10 Å². The standard InChI is InChI=1S/C33H35N3O4/c37-26-9-8-24-18-27-33(39)13-10-25(30-32(33,28(24)29(26)40-30)14-17-36(27)20-22-6-7-22)34-31(38)23-11-15-35(16-12-23)19-21-4-2-1-3-5-21/h1-5,8-9,11-12,15-16,22,25,27,30,39H,6-7,10,13-14,17-20H2,(H-,34,37,38)/p+1/t25-,27-,30+,32+,33-/m1/s1. The third-order valence-corrected chi connectivity index (χ3v) is 10.4. The Labute approximate surface area is 234 Å². The molecule has 3 fully saturated rings. The fraction of sp³-hybridized carbons (Fsp3) is 0.455. The largest absolute Gasteiger partial charge is 0.504 e. The van der Waals surface area contributed by atoms with Crippen molar-refractivity contribution in [3.8, 4) is 11.5 Å². The molecule has 3 N–H and O–H groups in total. The van der Waals surface area contributed by atoms with Gasteiger partial charge in [0.25, 0.3) is 5.91 Å². The van der Waals surface area contributed by atoms with Crippen molar-refractivity contribution in [2.45, 2.75) is 74.3 Å². The number of phenols is 1. The SMILES string of the molecule is O=C(N[C@@H]1CC[C@@]2(O)[C@H]3Cc4ccc(O)c5c4[C@@]2(CCN3CC2CC2)[C@H]1O5)c1cc[n+](Cc2ccccc2)cc1. The molecule has 2 aromatic carbocycles. The van der Waals surface area contributed by atoms with E-state index in [1.54, 1.807) is 6.07 Å². The maximum absolute atomic E-state index is 13.5. The van der Waals surface area contributed by atoms with Gasteiger partial charge in [-0.3, -0.25) is 9.69 Å². The van der Waals surface area contributed by atoms with Gasteiger partial charge in [-0.15, -0.1) is 0 Å². The van der Waals surface area contributed by atoms with E-state index in [0.29, 0.717) is 24.2 Å². The average molecular weight is 539 g/mol. The predicted octanol–water partition coefficient (Wildman–Crippen LogP) is 3.09. The van der Waals surface area contributed by atoms with E-state index in [2.05, 4.69) is 26.9 Å². The summed E-state index contributed by atoms with van der Waals surface area (Å²) in [6.07, 6.45) is 8.79. The van der Waals surface area contributed by atoms with Gasteiger partial charge in [0.2, 0.25) is 0 Å². The smallest absolute Gasteiger partial charge is 0.252 e. The number of likely N-dealkylation sites (tertiary alicyclic amines) is 1. The number of phenolic OH excluding ortho intramolecular Hbond substituents is 1. The Bertz CT molecular complexity index is 1470. The second-order valence-corrected chi connectivity index (χ2v) is 12.7. The van der Waals surface area contributed by atoms with Gasteiger partial charge >= 0.3 is 0 Å². The van der Waals surface area contributed by atoms with Crippen molar-refractivity contribution < 1.29 is 24.3 Å². The highest BCUT2D eigenvalue weighted by atomic mass is 16.5. The van der Waals surface area contributed by atoms with Gasteiger partial charge in [-0.2, -0.15) is 0 Å². The van der Waals surface area contributed by atoms with E-state index in [-0.39, 0.29) is 23.7 Å². The number of aromatic nitrogens is 1. The molecule has 206 valence electrons. The summed E-state index contributed by atoms with van der Waals surface area (Å²) in [6, 6.07) is 17.5. The molecule has 5 aliphatic rings. The fourth-order valence-electron chi connectivity index (χ4n) is 8.39. The minimum atomic E-state index is -0.951. The molecule has 1 saturated heterocycles. The van der Waals surface area contributed by atoms with Crippen LogP contribution < -0.4 is 14.6 Å². The number of aromatic hydroxyl groups is 1. The van der Waals surface area contributed by atoms with Crippen LogP contribution in [0.5, 0.6) is 11.5 Å². The molecule has 3 aliphatic carbocycles. The summed E-state index contributed by atoms with van der Waals surface area (Å²) in [5.74, 6) is 1.25. The van der Waals surface area contributed by atoms with E-state index in [4.69, 9.17) is 4.74 Å². The van der Waals surface area contributed by atoms with Crippen LogP contribution in [-0.4, -0.2) is 57.9 Å². The van der Waals surface area contributed by atoms with Crippen LogP contribution in [0.15, 0.2) is 67.0 Å². The monoisotopic (exact) mass is 538 g/mol. The number of benzene rings is 2. The highest BCUT2D eigenvalue weighted by Gasteiger charge is 2.73. The minimum absolute atomic E-state index is 0.0294. The molecule has 0 unspecified atom stereocenters. The van der Waals surface area contributed by atoms with E-state index in [0.717, 1.165) is 44.0 Å². The lowest BCUT2D eigenvalue weighted by Crippen LogP contribution is -2.78. The number of amides is 1. The van der Waals surface area contributed by atoms with Crippen LogP contribution in [0.1, 0.15) is 59.2 Å². The van der Waals surface area contributed by atoms with Gasteiger partial charge in [-0.1, -0.05) is 36.4 Å². The van der Waals surface area contributed by atoms with Crippen LogP contribution in [0.4, 0.5) is 0 Å². The quantitative estimate of drug-likeness (QED) is 0.420. The maximum atomic E-state index is 13.5. The van der Waals surface area contributed by atoms with Crippen molar-refractivity contribution in [2.75, 3.05) is 13.1 Å². The van der Waals surface area contributed by atoms with Crippen molar-refractivity contribution in [2.24, 2.45) is 5.92 Å². The summed E-state index contributed by atoms with van der Waals surface area (Å²) in [4.78, 5) is 16.0. The molecule has 40 heavy (non-hydrogen) atoms. The number of hydrogen-bond acceptors (Lipinski definition) is 5. The summed E-state index contributed by atoms with van der Waals surface area (Å²) < 4.78 is 8.65. The molecule has 2 bridgehead atoms. The average Bonchev–Trinajstić information content (AvgIpc) is 3.71. The zero-order valence-corrected chi connectivity index (χ0v) is 22.6. The highest BCUT2D eigenvalue weighted by molar-refractivity contribution is 5.94. The highest BCUT2D eigenvalue weighted by Crippen LogP contribution is 2.65. The Morgan fingerprint density at radius 2 is 1.85 bits per heavy atom. The first-order chi connectivity index (χ1) is 19.5. The number of carbonyl (C=O) groups excluding carboxylic acids is 1. The molecule has 8 rings (SSSR count). The van der Waals surface area contributed by atoms with E-state index < -0.39 is 17.1 Å². The molecule has 2 saturated carbocycles. The van der Waals surface area contributed by atoms with Crippen molar-refractivity contribution >= 4 is 5.91 Å². The number of carbonyl (C=O) groups is 1. The van der Waals surface area contributed by atoms with Crippen LogP contribution in [0.25, 0.3) is 0 Å². The Kier molecular flexibility index (Phi) is 5.36. The molecule has 7 heteroatoms. The van der Waals surface area contributed by atoms with E-state index >= 15 is 0 Å². The number of piperidine rings is 1. The van der Waals surface area contributed by atoms with Crippen molar-refractivity contribution in [1.29, 1.82) is 0 Å². The second kappa shape index (κ2) is 8.79. The molecule has 1 aromatic heterocycles. The molecule has 2 aliphatic heterocycles. The van der Waals surface area contributed by atoms with E-state index in [1.165, 1.54) is 24.0 Å². The van der Waals surface area contributed by atoms with Crippen molar-refractivity contribution in [1.82, 2.24) is 10.2 Å². The molecule has 7 nitrogen and oxygen atoms in total. The summed E-state index contributed by atoms with van der Waals surface area (Å²) in [7, 11) is 0. The lowest BCUT2D eigenvalue weighted by Gasteiger charge is -2.64. The Morgan fingerprint density at radius 1 is 1.05 bits per heavy atom. The maximum Gasteiger partial charge on any atom is 0.252 e. The molecule has 1 amide bonds. The van der Waals surface area contributed by atoms with Gasteiger partial charge in [-0.25, -0.2) is 4.57 Å². The minimum Gasteiger partial charge on any atom is -0.504 e. The Hall–Kier alpha value is -3.42. The normalized spacial score (nSPS) is 31.8. The van der Waals surface area contributed by atoms with Gasteiger partial charge in [-0.05, 0) is 62.6 Å². The van der Waals surface area contributed by atoms with Crippen LogP contribution in [0.3, 0.4) is 0 Å².